The van der Waals surface area contributed by atoms with Crippen LogP contribution in [0.4, 0.5) is 5.69 Å². The molecule has 6 heteroatoms. The molecule has 29 heavy (non-hydrogen) atoms. The highest BCUT2D eigenvalue weighted by atomic mass is 16.6. The molecule has 0 aromatic heterocycles. The van der Waals surface area contributed by atoms with Crippen LogP contribution in [-0.2, 0) is 20.9 Å². The monoisotopic (exact) mass is 390 g/mol. The summed E-state index contributed by atoms with van der Waals surface area (Å²) in [4.78, 5) is 37.2. The van der Waals surface area contributed by atoms with E-state index in [1.54, 1.807) is 24.3 Å². The van der Waals surface area contributed by atoms with Crippen LogP contribution in [0.5, 0.6) is 0 Å². The Kier molecular flexibility index (Phi) is 4.34. The first-order valence-electron chi connectivity index (χ1n) is 10.0. The van der Waals surface area contributed by atoms with Crippen molar-refractivity contribution < 1.29 is 19.1 Å². The van der Waals surface area contributed by atoms with Gasteiger partial charge in [0.2, 0.25) is 5.91 Å². The van der Waals surface area contributed by atoms with Gasteiger partial charge in [0.05, 0.1) is 11.8 Å². The summed E-state index contributed by atoms with van der Waals surface area (Å²) in [5, 5.41) is 5.80. The van der Waals surface area contributed by atoms with Crippen LogP contribution in [-0.4, -0.2) is 23.9 Å². The Balaban J connectivity index is 1.20. The molecule has 0 spiro atoms. The van der Waals surface area contributed by atoms with Crippen molar-refractivity contribution in [3.63, 3.8) is 0 Å². The van der Waals surface area contributed by atoms with Crippen LogP contribution in [0, 0.1) is 23.7 Å². The van der Waals surface area contributed by atoms with Gasteiger partial charge in [0.1, 0.15) is 6.10 Å². The number of anilines is 1. The maximum atomic E-state index is 12.8. The number of carbonyl (C=O) groups is 3. The van der Waals surface area contributed by atoms with Crippen molar-refractivity contribution in [3.8, 4) is 0 Å². The predicted molar refractivity (Wildman–Crippen MR) is 106 cm³/mol. The molecule has 3 aliphatic rings. The fourth-order valence-corrected chi connectivity index (χ4v) is 5.17. The summed E-state index contributed by atoms with van der Waals surface area (Å²) in [7, 11) is 0. The topological polar surface area (TPSA) is 84.5 Å². The molecule has 2 aliphatic carbocycles. The van der Waals surface area contributed by atoms with Gasteiger partial charge in [0.25, 0.3) is 5.91 Å². The first-order chi connectivity index (χ1) is 14.1. The summed E-state index contributed by atoms with van der Waals surface area (Å²) in [5.41, 5.74) is 2.18. The summed E-state index contributed by atoms with van der Waals surface area (Å²) in [6.45, 7) is 0.459. The first kappa shape index (κ1) is 17.9. The number of hydrogen-bond donors (Lipinski definition) is 2. The van der Waals surface area contributed by atoms with Gasteiger partial charge in [-0.05, 0) is 48.6 Å². The van der Waals surface area contributed by atoms with Crippen LogP contribution in [0.15, 0.2) is 54.6 Å². The van der Waals surface area contributed by atoms with E-state index in [-0.39, 0.29) is 47.6 Å². The number of fused-ring (bicyclic) bond motifs is 1. The fourth-order valence-electron chi connectivity index (χ4n) is 5.17. The lowest BCUT2D eigenvalue weighted by Gasteiger charge is -2.23. The minimum atomic E-state index is -0.305. The lowest BCUT2D eigenvalue weighted by molar-refractivity contribution is -0.145. The molecule has 1 heterocycles. The minimum absolute atomic E-state index is 0.0234. The van der Waals surface area contributed by atoms with E-state index < -0.39 is 0 Å². The number of esters is 1. The number of ether oxygens (including phenoxy) is 1. The van der Waals surface area contributed by atoms with Gasteiger partial charge in [0.15, 0.2) is 0 Å². The number of nitrogens with one attached hydrogen (secondary N) is 2. The van der Waals surface area contributed by atoms with Gasteiger partial charge in [0, 0.05) is 23.7 Å². The Morgan fingerprint density at radius 1 is 1.00 bits per heavy atom. The molecule has 0 unspecified atom stereocenters. The predicted octanol–water partition coefficient (Wildman–Crippen LogP) is 2.75. The fraction of sp³-hybridized carbons (Fsp3) is 0.348. The van der Waals surface area contributed by atoms with Crippen molar-refractivity contribution >= 4 is 23.5 Å². The van der Waals surface area contributed by atoms with Crippen LogP contribution < -0.4 is 10.6 Å². The molecule has 148 valence electrons. The largest absolute Gasteiger partial charge is 0.462 e. The van der Waals surface area contributed by atoms with Crippen molar-refractivity contribution in [3.05, 3.63) is 65.7 Å². The van der Waals surface area contributed by atoms with E-state index in [0.29, 0.717) is 17.8 Å². The molecule has 2 saturated carbocycles. The standard InChI is InChI=1S/C23H22N2O4/c26-21(24-12-13-4-2-1-3-5-13)14-6-8-16(9-7-14)25-22(27)19-15-10-17-18(11-15)29-23(28)20(17)19/h1-9,15,17-20H,10-12H2,(H,24,26)(H,25,27)/t15-,17+,18-,19-,20-/m1/s1. The molecular formula is C23H22N2O4. The molecule has 6 nitrogen and oxygen atoms in total. The van der Waals surface area contributed by atoms with Crippen molar-refractivity contribution in [2.75, 3.05) is 5.32 Å². The average molecular weight is 390 g/mol. The molecular weight excluding hydrogens is 368 g/mol. The number of benzene rings is 2. The molecule has 5 rings (SSSR count). The Morgan fingerprint density at radius 2 is 1.76 bits per heavy atom. The van der Waals surface area contributed by atoms with Crippen LogP contribution in [0.1, 0.15) is 28.8 Å². The molecule has 2 bridgehead atoms. The van der Waals surface area contributed by atoms with Crippen molar-refractivity contribution in [2.24, 2.45) is 23.7 Å². The second kappa shape index (κ2) is 7.03. The maximum Gasteiger partial charge on any atom is 0.310 e. The third kappa shape index (κ3) is 3.18. The van der Waals surface area contributed by atoms with Gasteiger partial charge >= 0.3 is 5.97 Å². The van der Waals surface area contributed by atoms with Crippen LogP contribution in [0.25, 0.3) is 0 Å². The summed E-state index contributed by atoms with van der Waals surface area (Å²) < 4.78 is 5.40. The lowest BCUT2D eigenvalue weighted by atomic mass is 9.79. The van der Waals surface area contributed by atoms with Crippen molar-refractivity contribution in [1.29, 1.82) is 0 Å². The number of carbonyl (C=O) groups excluding carboxylic acids is 3. The van der Waals surface area contributed by atoms with Crippen LogP contribution in [0.2, 0.25) is 0 Å². The number of hydrogen-bond acceptors (Lipinski definition) is 4. The number of rotatable bonds is 5. The van der Waals surface area contributed by atoms with Gasteiger partial charge in [-0.3, -0.25) is 14.4 Å². The summed E-state index contributed by atoms with van der Waals surface area (Å²) in [5.74, 6) is -0.670. The third-order valence-electron chi connectivity index (χ3n) is 6.50. The maximum absolute atomic E-state index is 12.8. The molecule has 2 aromatic carbocycles. The van der Waals surface area contributed by atoms with E-state index in [0.717, 1.165) is 18.4 Å². The van der Waals surface area contributed by atoms with E-state index in [1.807, 2.05) is 30.3 Å². The molecule has 1 saturated heterocycles. The second-order valence-electron chi connectivity index (χ2n) is 8.16. The summed E-state index contributed by atoms with van der Waals surface area (Å²) >= 11 is 0. The third-order valence-corrected chi connectivity index (χ3v) is 6.50. The molecule has 3 fully saturated rings. The van der Waals surface area contributed by atoms with Gasteiger partial charge < -0.3 is 15.4 Å². The Morgan fingerprint density at radius 3 is 2.52 bits per heavy atom. The van der Waals surface area contributed by atoms with Crippen LogP contribution >= 0.6 is 0 Å². The van der Waals surface area contributed by atoms with Crippen molar-refractivity contribution in [2.45, 2.75) is 25.5 Å². The molecule has 0 radical (unpaired) electrons. The molecule has 1 aliphatic heterocycles. The Labute approximate surface area is 168 Å². The SMILES string of the molecule is O=C(NCc1ccccc1)c1ccc(NC(=O)[C@@H]2[C@@H]3C[C@@H]4[C@H]2C(=O)O[C@@H]4C3)cc1. The zero-order valence-corrected chi connectivity index (χ0v) is 15.8. The van der Waals surface area contributed by atoms with Crippen molar-refractivity contribution in [1.82, 2.24) is 5.32 Å². The highest BCUT2D eigenvalue weighted by molar-refractivity contribution is 5.98. The minimum Gasteiger partial charge on any atom is -0.462 e. The summed E-state index contributed by atoms with van der Waals surface area (Å²) in [6.07, 6.45) is 1.72. The van der Waals surface area contributed by atoms with E-state index in [1.165, 1.54) is 0 Å². The first-order valence-corrected chi connectivity index (χ1v) is 10.0. The Bertz CT molecular complexity index is 955. The quantitative estimate of drug-likeness (QED) is 0.769. The second-order valence-corrected chi connectivity index (χ2v) is 8.16. The number of amides is 2. The van der Waals surface area contributed by atoms with Crippen LogP contribution in [0.3, 0.4) is 0 Å². The molecule has 2 aromatic rings. The van der Waals surface area contributed by atoms with E-state index in [9.17, 15) is 14.4 Å². The lowest BCUT2D eigenvalue weighted by Crippen LogP contribution is -2.35. The summed E-state index contributed by atoms with van der Waals surface area (Å²) in [6, 6.07) is 16.5. The van der Waals surface area contributed by atoms with Gasteiger partial charge in [-0.1, -0.05) is 30.3 Å². The van der Waals surface area contributed by atoms with Gasteiger partial charge in [-0.15, -0.1) is 0 Å². The normalized spacial score (nSPS) is 28.8. The molecule has 2 amide bonds. The molecule has 2 N–H and O–H groups in total. The smallest absolute Gasteiger partial charge is 0.310 e. The highest BCUT2D eigenvalue weighted by Gasteiger charge is 2.63. The Hall–Kier alpha value is -3.15. The molecule has 5 atom stereocenters. The zero-order chi connectivity index (χ0) is 20.0. The van der Waals surface area contributed by atoms with E-state index in [2.05, 4.69) is 10.6 Å². The van der Waals surface area contributed by atoms with E-state index >= 15 is 0 Å². The highest BCUT2D eigenvalue weighted by Crippen LogP contribution is 2.57. The van der Waals surface area contributed by atoms with Gasteiger partial charge in [-0.2, -0.15) is 0 Å². The van der Waals surface area contributed by atoms with Gasteiger partial charge in [-0.25, -0.2) is 0 Å². The van der Waals surface area contributed by atoms with E-state index in [4.69, 9.17) is 4.74 Å². The average Bonchev–Trinajstić information content (AvgIpc) is 3.36. The zero-order valence-electron chi connectivity index (χ0n) is 15.8.